The van der Waals surface area contributed by atoms with Crippen molar-refractivity contribution in [3.05, 3.63) is 63.8 Å². The van der Waals surface area contributed by atoms with Gasteiger partial charge in [-0.1, -0.05) is 18.2 Å². The largest absolute Gasteiger partial charge is 0.459 e. The zero-order valence-electron chi connectivity index (χ0n) is 19.4. The summed E-state index contributed by atoms with van der Waals surface area (Å²) < 4.78 is 15.3. The number of hydrogen-bond acceptors (Lipinski definition) is 5. The fourth-order valence-corrected chi connectivity index (χ4v) is 4.66. The Labute approximate surface area is 194 Å². The van der Waals surface area contributed by atoms with E-state index >= 15 is 0 Å². The van der Waals surface area contributed by atoms with E-state index in [1.54, 1.807) is 10.8 Å². The van der Waals surface area contributed by atoms with Crippen LogP contribution >= 0.6 is 0 Å². The summed E-state index contributed by atoms with van der Waals surface area (Å²) in [7, 11) is 1.87. The molecule has 1 fully saturated rings. The molecule has 1 saturated heterocycles. The number of amides is 1. The maximum absolute atomic E-state index is 13.6. The highest BCUT2D eigenvalue weighted by atomic mass is 16.7. The van der Waals surface area contributed by atoms with E-state index < -0.39 is 6.29 Å². The SMILES string of the molecule is Cc1c([C@H]2C=C(C(=O)N3CCCCC3)O[C@@H](OCCCO)C2)c(=O)n(-c2ccccc2)n1C. The molecular weight excluding hydrogens is 422 g/mol. The van der Waals surface area contributed by atoms with Crippen LogP contribution in [0.15, 0.2) is 47.0 Å². The van der Waals surface area contributed by atoms with Gasteiger partial charge in [-0.3, -0.25) is 14.3 Å². The van der Waals surface area contributed by atoms with Crippen LogP contribution in [0, 0.1) is 6.92 Å². The van der Waals surface area contributed by atoms with Crippen LogP contribution in [0.4, 0.5) is 0 Å². The molecule has 4 rings (SSSR count). The molecule has 2 aliphatic rings. The quantitative estimate of drug-likeness (QED) is 0.649. The first-order valence-corrected chi connectivity index (χ1v) is 11.8. The van der Waals surface area contributed by atoms with Gasteiger partial charge in [-0.2, -0.15) is 0 Å². The molecule has 2 atom stereocenters. The minimum absolute atomic E-state index is 0.0190. The van der Waals surface area contributed by atoms with Gasteiger partial charge in [-0.15, -0.1) is 0 Å². The van der Waals surface area contributed by atoms with Gasteiger partial charge < -0.3 is 19.5 Å². The first-order valence-electron chi connectivity index (χ1n) is 11.8. The fraction of sp³-hybridized carbons (Fsp3) is 0.520. The van der Waals surface area contributed by atoms with E-state index in [0.717, 1.165) is 30.6 Å². The van der Waals surface area contributed by atoms with Crippen molar-refractivity contribution >= 4 is 5.91 Å². The Kier molecular flexibility index (Phi) is 7.35. The van der Waals surface area contributed by atoms with Gasteiger partial charge in [0.2, 0.25) is 6.29 Å². The van der Waals surface area contributed by atoms with Crippen molar-refractivity contribution in [2.45, 2.75) is 51.2 Å². The standard InChI is InChI=1S/C25H33N3O5/c1-18-23(25(31)28(26(18)2)20-10-5-3-6-11-20)19-16-21(24(30)27-12-7-4-8-13-27)33-22(17-19)32-15-9-14-29/h3,5-6,10-11,16,19,22,29H,4,7-9,12-15,17H2,1-2H3/t19-,22+/m0/s1. The predicted octanol–water partition coefficient (Wildman–Crippen LogP) is 2.61. The van der Waals surface area contributed by atoms with Gasteiger partial charge in [0.1, 0.15) is 0 Å². The summed E-state index contributed by atoms with van der Waals surface area (Å²) >= 11 is 0. The molecule has 1 aromatic heterocycles. The molecule has 1 aromatic carbocycles. The number of allylic oxidation sites excluding steroid dienone is 1. The van der Waals surface area contributed by atoms with Crippen molar-refractivity contribution in [2.75, 3.05) is 26.3 Å². The number of piperidine rings is 1. The van der Waals surface area contributed by atoms with E-state index in [2.05, 4.69) is 0 Å². The van der Waals surface area contributed by atoms with Crippen LogP contribution in [-0.2, 0) is 21.3 Å². The second kappa shape index (κ2) is 10.4. The van der Waals surface area contributed by atoms with Crippen molar-refractivity contribution in [1.82, 2.24) is 14.3 Å². The van der Waals surface area contributed by atoms with Crippen LogP contribution < -0.4 is 5.56 Å². The van der Waals surface area contributed by atoms with Crippen molar-refractivity contribution in [3.8, 4) is 5.69 Å². The van der Waals surface area contributed by atoms with Crippen molar-refractivity contribution in [1.29, 1.82) is 0 Å². The molecule has 33 heavy (non-hydrogen) atoms. The molecule has 1 N–H and O–H groups in total. The van der Waals surface area contributed by atoms with E-state index in [4.69, 9.17) is 14.6 Å². The van der Waals surface area contributed by atoms with E-state index in [0.29, 0.717) is 38.1 Å². The van der Waals surface area contributed by atoms with E-state index in [9.17, 15) is 9.59 Å². The van der Waals surface area contributed by atoms with Gasteiger partial charge in [0.25, 0.3) is 11.5 Å². The average molecular weight is 456 g/mol. The highest BCUT2D eigenvalue weighted by Gasteiger charge is 2.34. The Hall–Kier alpha value is -2.84. The van der Waals surface area contributed by atoms with Gasteiger partial charge in [0, 0.05) is 50.3 Å². The lowest BCUT2D eigenvalue weighted by Crippen LogP contribution is -2.39. The topological polar surface area (TPSA) is 85.9 Å². The summed E-state index contributed by atoms with van der Waals surface area (Å²) in [4.78, 5) is 28.6. The number of rotatable bonds is 7. The Morgan fingerprint density at radius 2 is 1.91 bits per heavy atom. The van der Waals surface area contributed by atoms with Crippen LogP contribution in [0.5, 0.6) is 0 Å². The summed E-state index contributed by atoms with van der Waals surface area (Å²) in [5, 5.41) is 9.11. The lowest BCUT2D eigenvalue weighted by Gasteiger charge is -2.32. The number of aliphatic hydroxyl groups is 1. The Morgan fingerprint density at radius 1 is 1.18 bits per heavy atom. The normalized spacial score (nSPS) is 20.9. The number of nitrogens with zero attached hydrogens (tertiary/aromatic N) is 3. The summed E-state index contributed by atoms with van der Waals surface area (Å²) in [5.41, 5.74) is 2.16. The van der Waals surface area contributed by atoms with E-state index in [1.165, 1.54) is 0 Å². The zero-order chi connectivity index (χ0) is 23.4. The van der Waals surface area contributed by atoms with Gasteiger partial charge in [0.05, 0.1) is 12.3 Å². The monoisotopic (exact) mass is 455 g/mol. The number of benzene rings is 1. The van der Waals surface area contributed by atoms with Crippen LogP contribution in [0.3, 0.4) is 0 Å². The Morgan fingerprint density at radius 3 is 2.61 bits per heavy atom. The maximum atomic E-state index is 13.6. The zero-order valence-corrected chi connectivity index (χ0v) is 19.4. The molecule has 0 bridgehead atoms. The highest BCUT2D eigenvalue weighted by molar-refractivity contribution is 5.91. The van der Waals surface area contributed by atoms with Crippen LogP contribution in [-0.4, -0.2) is 57.9 Å². The van der Waals surface area contributed by atoms with Crippen LogP contribution in [0.1, 0.15) is 49.3 Å². The summed E-state index contributed by atoms with van der Waals surface area (Å²) in [6, 6.07) is 9.52. The number of hydrogen-bond donors (Lipinski definition) is 1. The Bertz CT molecular complexity index is 1050. The smallest absolute Gasteiger partial charge is 0.288 e. The third-order valence-electron chi connectivity index (χ3n) is 6.49. The van der Waals surface area contributed by atoms with Gasteiger partial charge >= 0.3 is 0 Å². The number of aromatic nitrogens is 2. The number of ether oxygens (including phenoxy) is 2. The molecule has 0 radical (unpaired) electrons. The molecule has 2 aromatic rings. The van der Waals surface area contributed by atoms with Gasteiger partial charge in [-0.25, -0.2) is 4.68 Å². The number of carbonyl (C=O) groups is 1. The number of carbonyl (C=O) groups excluding carboxylic acids is 1. The van der Waals surface area contributed by atoms with E-state index in [-0.39, 0.29) is 29.8 Å². The van der Waals surface area contributed by atoms with Gasteiger partial charge in [0.15, 0.2) is 5.76 Å². The first-order chi connectivity index (χ1) is 16.0. The predicted molar refractivity (Wildman–Crippen MR) is 124 cm³/mol. The summed E-state index contributed by atoms with van der Waals surface area (Å²) in [6.45, 7) is 3.69. The van der Waals surface area contributed by atoms with Crippen molar-refractivity contribution in [3.63, 3.8) is 0 Å². The molecule has 1 amide bonds. The second-order valence-electron chi connectivity index (χ2n) is 8.70. The molecule has 0 unspecified atom stereocenters. The molecule has 8 nitrogen and oxygen atoms in total. The highest BCUT2D eigenvalue weighted by Crippen LogP contribution is 2.33. The second-order valence-corrected chi connectivity index (χ2v) is 8.70. The summed E-state index contributed by atoms with van der Waals surface area (Å²) in [6.07, 6.45) is 5.14. The fourth-order valence-electron chi connectivity index (χ4n) is 4.66. The number of aliphatic hydroxyl groups excluding tert-OH is 1. The van der Waals surface area contributed by atoms with Crippen molar-refractivity contribution < 1.29 is 19.4 Å². The third-order valence-corrected chi connectivity index (χ3v) is 6.49. The lowest BCUT2D eigenvalue weighted by atomic mass is 9.93. The minimum atomic E-state index is -0.653. The molecule has 178 valence electrons. The Balaban J connectivity index is 1.70. The number of para-hydroxylation sites is 1. The molecule has 3 heterocycles. The average Bonchev–Trinajstić information content (AvgIpc) is 3.07. The number of likely N-dealkylation sites (tertiary alicyclic amines) is 1. The lowest BCUT2D eigenvalue weighted by molar-refractivity contribution is -0.153. The maximum Gasteiger partial charge on any atom is 0.288 e. The molecule has 0 saturated carbocycles. The molecule has 0 spiro atoms. The molecule has 0 aliphatic carbocycles. The third kappa shape index (κ3) is 4.91. The van der Waals surface area contributed by atoms with Gasteiger partial charge in [-0.05, 0) is 50.8 Å². The first kappa shape index (κ1) is 23.3. The molecule has 8 heteroatoms. The van der Waals surface area contributed by atoms with Crippen LogP contribution in [0.2, 0.25) is 0 Å². The van der Waals surface area contributed by atoms with E-state index in [1.807, 2.05) is 53.9 Å². The summed E-state index contributed by atoms with van der Waals surface area (Å²) in [5.74, 6) is -0.214. The van der Waals surface area contributed by atoms with Crippen LogP contribution in [0.25, 0.3) is 5.69 Å². The van der Waals surface area contributed by atoms with Crippen molar-refractivity contribution in [2.24, 2.45) is 7.05 Å². The minimum Gasteiger partial charge on any atom is -0.459 e. The molecular formula is C25H33N3O5. The molecule has 2 aliphatic heterocycles.